The lowest BCUT2D eigenvalue weighted by atomic mass is 9.70. The first-order chi connectivity index (χ1) is 29.5. The molecule has 9 aliphatic rings. The van der Waals surface area contributed by atoms with E-state index in [1.54, 1.807) is 11.1 Å². The van der Waals surface area contributed by atoms with Crippen LogP contribution in [-0.2, 0) is 6.42 Å². The van der Waals surface area contributed by atoms with E-state index >= 15 is 0 Å². The third kappa shape index (κ3) is 7.16. The molecule has 6 nitrogen and oxygen atoms in total. The van der Waals surface area contributed by atoms with Crippen molar-refractivity contribution in [2.45, 2.75) is 172 Å². The van der Waals surface area contributed by atoms with E-state index in [0.29, 0.717) is 41.8 Å². The number of hydrogen-bond donors (Lipinski definition) is 3. The summed E-state index contributed by atoms with van der Waals surface area (Å²) in [7, 11) is 0. The lowest BCUT2D eigenvalue weighted by Gasteiger charge is -2.54. The second-order valence-corrected chi connectivity index (χ2v) is 21.2. The molecule has 0 amide bonds. The molecule has 2 aliphatic heterocycles. The fraction of sp³-hybridized carbons (Fsp3) is 0.648. The number of allylic oxidation sites excluding steroid dienone is 6. The molecule has 2 saturated heterocycles. The number of likely N-dealkylation sites (tertiary alicyclic amines) is 1. The standard InChI is InChI=1S/C54H72N6/c1-34-24-26-48-43(28-34)44-29-35(2)25-27-49(44)60(48)51-32-50(59-46-22-11-9-20-41(46)42-21-10-12-23-47(42)59)40(33-55)31-45(51)54-57-52(37-16-7-4-8-17-37)56-53(58-54)39-19-13-18-38(30-39)36-14-5-3-6-15-36/h7,9,11-12,14,16,20,22-24,26,30,34-35,37,39-40,43-45,48-54,56-58H,3-6,8,10,13,15,17-19,21,25,27-29,31-32H2,1-2H3. The molecule has 318 valence electrons. The summed E-state index contributed by atoms with van der Waals surface area (Å²) in [6, 6.07) is 13.8. The topological polar surface area (TPSA) is 68.0 Å². The Morgan fingerprint density at radius 2 is 1.52 bits per heavy atom. The van der Waals surface area contributed by atoms with Crippen LogP contribution in [0.3, 0.4) is 0 Å². The van der Waals surface area contributed by atoms with Gasteiger partial charge < -0.3 is 4.57 Å². The molecule has 1 aromatic heterocycles. The van der Waals surface area contributed by atoms with Crippen molar-refractivity contribution in [2.75, 3.05) is 0 Å². The first kappa shape index (κ1) is 39.6. The minimum absolute atomic E-state index is 0.0617. The van der Waals surface area contributed by atoms with Gasteiger partial charge in [0.15, 0.2) is 0 Å². The van der Waals surface area contributed by atoms with Crippen molar-refractivity contribution in [3.63, 3.8) is 0 Å². The number of nitriles is 1. The first-order valence-corrected chi connectivity index (χ1v) is 25.0. The fourth-order valence-electron chi connectivity index (χ4n) is 14.9. The van der Waals surface area contributed by atoms with Gasteiger partial charge in [-0.15, -0.1) is 0 Å². The Bertz CT molecular complexity index is 2090. The van der Waals surface area contributed by atoms with Crippen LogP contribution in [0.5, 0.6) is 0 Å². The molecule has 0 bridgehead atoms. The minimum Gasteiger partial charge on any atom is -0.336 e. The quantitative estimate of drug-likeness (QED) is 0.254. The van der Waals surface area contributed by atoms with Gasteiger partial charge in [-0.2, -0.15) is 5.26 Å². The molecule has 2 saturated carbocycles. The monoisotopic (exact) mass is 805 g/mol. The summed E-state index contributed by atoms with van der Waals surface area (Å²) in [5, 5.41) is 25.8. The number of hydrogen-bond acceptors (Lipinski definition) is 5. The molecule has 0 radical (unpaired) electrons. The Morgan fingerprint density at radius 1 is 0.667 bits per heavy atom. The van der Waals surface area contributed by atoms with Gasteiger partial charge in [-0.25, -0.2) is 0 Å². The fourth-order valence-corrected chi connectivity index (χ4v) is 14.9. The van der Waals surface area contributed by atoms with Crippen molar-refractivity contribution in [3.8, 4) is 6.07 Å². The Labute approximate surface area is 361 Å². The predicted octanol–water partition coefficient (Wildman–Crippen LogP) is 11.1. The molecule has 15 unspecified atom stereocenters. The number of aryl methyl sites for hydroxylation is 1. The van der Waals surface area contributed by atoms with Crippen LogP contribution in [-0.4, -0.2) is 46.1 Å². The van der Waals surface area contributed by atoms with Crippen LogP contribution in [0.4, 0.5) is 0 Å². The molecule has 6 heteroatoms. The number of benzene rings is 1. The van der Waals surface area contributed by atoms with Gasteiger partial charge >= 0.3 is 0 Å². The van der Waals surface area contributed by atoms with Crippen LogP contribution in [0, 0.1) is 58.7 Å². The number of nitrogens with one attached hydrogen (secondary N) is 3. The van der Waals surface area contributed by atoms with E-state index in [0.717, 1.165) is 43.4 Å². The largest absolute Gasteiger partial charge is 0.336 e. The molecule has 1 aromatic carbocycles. The first-order valence-electron chi connectivity index (χ1n) is 25.0. The van der Waals surface area contributed by atoms with Gasteiger partial charge in [0.2, 0.25) is 0 Å². The number of fused-ring (bicyclic) bond motifs is 6. The van der Waals surface area contributed by atoms with Crippen molar-refractivity contribution in [3.05, 3.63) is 89.2 Å². The SMILES string of the molecule is CC1C=CC2C(C1)C1CC(C)CCC1N2C1CC(n2c3c(c4ccccc42)CCC=C3)C(C#N)CC1C1NC(C2C=CCCC2)NC(C2C=C(C3=CCCCC3)CCC2)N1. The molecule has 4 fully saturated rings. The highest BCUT2D eigenvalue weighted by Gasteiger charge is 2.57. The van der Waals surface area contributed by atoms with Crippen LogP contribution in [0.2, 0.25) is 0 Å². The maximum atomic E-state index is 11.4. The lowest BCUT2D eigenvalue weighted by molar-refractivity contribution is -0.0161. The molecular weight excluding hydrogens is 733 g/mol. The van der Waals surface area contributed by atoms with Crippen molar-refractivity contribution in [1.82, 2.24) is 25.4 Å². The zero-order valence-corrected chi connectivity index (χ0v) is 36.7. The average Bonchev–Trinajstić information content (AvgIpc) is 3.81. The van der Waals surface area contributed by atoms with E-state index in [-0.39, 0.29) is 30.5 Å². The van der Waals surface area contributed by atoms with Crippen LogP contribution < -0.4 is 16.0 Å². The maximum Gasteiger partial charge on any atom is 0.0677 e. The van der Waals surface area contributed by atoms with E-state index in [4.69, 9.17) is 0 Å². The molecular formula is C54H72N6. The number of aromatic nitrogens is 1. The maximum absolute atomic E-state index is 11.4. The van der Waals surface area contributed by atoms with E-state index in [2.05, 4.69) is 118 Å². The molecule has 2 aromatic rings. The van der Waals surface area contributed by atoms with Gasteiger partial charge in [-0.3, -0.25) is 20.9 Å². The zero-order valence-electron chi connectivity index (χ0n) is 36.7. The summed E-state index contributed by atoms with van der Waals surface area (Å²) in [6.45, 7) is 4.99. The molecule has 3 heterocycles. The number of nitrogens with zero attached hydrogens (tertiary/aromatic N) is 3. The minimum atomic E-state index is -0.0617. The van der Waals surface area contributed by atoms with E-state index in [9.17, 15) is 5.26 Å². The van der Waals surface area contributed by atoms with Gasteiger partial charge in [0.05, 0.1) is 36.5 Å². The smallest absolute Gasteiger partial charge is 0.0677 e. The summed E-state index contributed by atoms with van der Waals surface area (Å²) in [4.78, 5) is 3.15. The Morgan fingerprint density at radius 3 is 2.37 bits per heavy atom. The molecule has 15 atom stereocenters. The second-order valence-electron chi connectivity index (χ2n) is 21.2. The van der Waals surface area contributed by atoms with Gasteiger partial charge in [0.25, 0.3) is 0 Å². The normalized spacial score (nSPS) is 41.9. The van der Waals surface area contributed by atoms with Gasteiger partial charge in [0.1, 0.15) is 0 Å². The summed E-state index contributed by atoms with van der Waals surface area (Å²) in [5.74, 6) is 4.16. The molecule has 11 rings (SSSR count). The van der Waals surface area contributed by atoms with E-state index in [1.807, 2.05) is 0 Å². The van der Waals surface area contributed by atoms with Crippen molar-refractivity contribution < 1.29 is 0 Å². The number of rotatable bonds is 6. The Balaban J connectivity index is 1.01. The lowest BCUT2D eigenvalue weighted by Crippen LogP contribution is -2.74. The van der Waals surface area contributed by atoms with E-state index < -0.39 is 0 Å². The van der Waals surface area contributed by atoms with E-state index in [1.165, 1.54) is 112 Å². The third-order valence-electron chi connectivity index (χ3n) is 17.6. The Hall–Kier alpha value is -3.21. The van der Waals surface area contributed by atoms with Gasteiger partial charge in [-0.1, -0.05) is 74.6 Å². The van der Waals surface area contributed by atoms with Crippen molar-refractivity contribution in [1.29, 1.82) is 5.26 Å². The summed E-state index contributed by atoms with van der Waals surface area (Å²) >= 11 is 0. The zero-order chi connectivity index (χ0) is 40.3. The molecule has 60 heavy (non-hydrogen) atoms. The molecule has 7 aliphatic carbocycles. The van der Waals surface area contributed by atoms with Crippen LogP contribution in [0.25, 0.3) is 17.0 Å². The molecule has 3 N–H and O–H groups in total. The average molecular weight is 805 g/mol. The summed E-state index contributed by atoms with van der Waals surface area (Å²) in [5.41, 5.74) is 7.48. The number of para-hydroxylation sites is 1. The predicted molar refractivity (Wildman–Crippen MR) is 246 cm³/mol. The van der Waals surface area contributed by atoms with Crippen LogP contribution in [0.1, 0.15) is 140 Å². The van der Waals surface area contributed by atoms with Crippen molar-refractivity contribution >= 4 is 17.0 Å². The third-order valence-corrected chi connectivity index (χ3v) is 17.6. The van der Waals surface area contributed by atoms with Gasteiger partial charge in [0, 0.05) is 52.5 Å². The highest BCUT2D eigenvalue weighted by atomic mass is 15.4. The van der Waals surface area contributed by atoms with Crippen LogP contribution >= 0.6 is 0 Å². The second kappa shape index (κ2) is 16.8. The summed E-state index contributed by atoms with van der Waals surface area (Å²) in [6.07, 6.45) is 43.0. The van der Waals surface area contributed by atoms with Crippen molar-refractivity contribution in [2.24, 2.45) is 47.3 Å². The van der Waals surface area contributed by atoms with Gasteiger partial charge in [-0.05, 0) is 168 Å². The van der Waals surface area contributed by atoms with Crippen LogP contribution in [0.15, 0.2) is 77.9 Å². The Kier molecular flexibility index (Phi) is 11.1. The highest BCUT2D eigenvalue weighted by Crippen LogP contribution is 2.55. The summed E-state index contributed by atoms with van der Waals surface area (Å²) < 4.78 is 2.68. The highest BCUT2D eigenvalue weighted by molar-refractivity contribution is 5.89. The molecule has 0 spiro atoms.